The van der Waals surface area contributed by atoms with E-state index in [-0.39, 0.29) is 6.04 Å². The van der Waals surface area contributed by atoms with Gasteiger partial charge in [-0.15, -0.1) is 0 Å². The van der Waals surface area contributed by atoms with Gasteiger partial charge in [0.15, 0.2) is 0 Å². The monoisotopic (exact) mass is 439 g/mol. The van der Waals surface area contributed by atoms with Crippen LogP contribution in [0.15, 0.2) is 72.7 Å². The third-order valence-electron chi connectivity index (χ3n) is 4.93. The standard InChI is InChI=1S/C23H30FN5OSi/c1-5-21-18(14-19(25)17-8-7-11-26-15-17)23(20-9-6-10-22(24)27-20)28-29(21)16-30-12-13-31(2,3)4/h5-11,14-15,23,28H,1,12-13,16,25H2,2-4H3/b19-14-. The number of ether oxygens (including phenoxy) is 1. The lowest BCUT2D eigenvalue weighted by atomic mass is 10.0. The van der Waals surface area contributed by atoms with Crippen molar-refractivity contribution in [3.63, 3.8) is 0 Å². The first-order valence-electron chi connectivity index (χ1n) is 10.3. The Morgan fingerprint density at radius 1 is 1.32 bits per heavy atom. The molecule has 2 aromatic heterocycles. The Hall–Kier alpha value is -2.81. The molecule has 8 heteroatoms. The van der Waals surface area contributed by atoms with Gasteiger partial charge in [-0.05, 0) is 42.5 Å². The average molecular weight is 440 g/mol. The molecule has 1 atom stereocenters. The molecule has 0 aromatic carbocycles. The Balaban J connectivity index is 1.91. The number of nitrogens with one attached hydrogen (secondary N) is 1. The van der Waals surface area contributed by atoms with Crippen LogP contribution in [0.2, 0.25) is 25.7 Å². The fraction of sp³-hybridized carbons (Fsp3) is 0.304. The number of pyridine rings is 2. The molecule has 0 spiro atoms. The molecule has 1 aliphatic rings. The Morgan fingerprint density at radius 3 is 2.77 bits per heavy atom. The number of allylic oxidation sites excluding steroid dienone is 1. The molecular formula is C23H30FN5OSi. The highest BCUT2D eigenvalue weighted by molar-refractivity contribution is 6.76. The molecule has 3 rings (SSSR count). The highest BCUT2D eigenvalue weighted by Gasteiger charge is 2.31. The summed E-state index contributed by atoms with van der Waals surface area (Å²) in [6.45, 7) is 11.9. The lowest BCUT2D eigenvalue weighted by Gasteiger charge is -2.23. The van der Waals surface area contributed by atoms with Crippen LogP contribution < -0.4 is 11.2 Å². The molecular weight excluding hydrogens is 409 g/mol. The largest absolute Gasteiger partial charge is 0.398 e. The van der Waals surface area contributed by atoms with Crippen LogP contribution >= 0.6 is 0 Å². The second-order valence-corrected chi connectivity index (χ2v) is 14.2. The van der Waals surface area contributed by atoms with Gasteiger partial charge in [0.25, 0.3) is 0 Å². The second kappa shape index (κ2) is 10.00. The van der Waals surface area contributed by atoms with E-state index in [1.165, 1.54) is 6.07 Å². The van der Waals surface area contributed by atoms with Crippen LogP contribution in [0.3, 0.4) is 0 Å². The van der Waals surface area contributed by atoms with E-state index in [2.05, 4.69) is 41.6 Å². The maximum atomic E-state index is 13.9. The van der Waals surface area contributed by atoms with Crippen LogP contribution in [0, 0.1) is 5.95 Å². The van der Waals surface area contributed by atoms with E-state index in [1.54, 1.807) is 30.6 Å². The van der Waals surface area contributed by atoms with Crippen LogP contribution in [0.1, 0.15) is 17.3 Å². The molecule has 1 unspecified atom stereocenters. The zero-order valence-corrected chi connectivity index (χ0v) is 19.3. The van der Waals surface area contributed by atoms with Crippen LogP contribution in [-0.4, -0.2) is 36.4 Å². The summed E-state index contributed by atoms with van der Waals surface area (Å²) in [5.74, 6) is -0.534. The Labute approximate surface area is 184 Å². The van der Waals surface area contributed by atoms with Gasteiger partial charge in [-0.3, -0.25) is 9.99 Å². The molecule has 2 aromatic rings. The summed E-state index contributed by atoms with van der Waals surface area (Å²) in [6.07, 6.45) is 7.01. The van der Waals surface area contributed by atoms with E-state index in [1.807, 2.05) is 23.2 Å². The van der Waals surface area contributed by atoms with Crippen molar-refractivity contribution in [3.05, 3.63) is 89.9 Å². The Bertz CT molecular complexity index is 971. The van der Waals surface area contributed by atoms with Crippen LogP contribution in [0.5, 0.6) is 0 Å². The molecule has 0 saturated carbocycles. The topological polar surface area (TPSA) is 76.3 Å². The van der Waals surface area contributed by atoms with Crippen molar-refractivity contribution in [1.82, 2.24) is 20.4 Å². The fourth-order valence-corrected chi connectivity index (χ4v) is 3.98. The predicted molar refractivity (Wildman–Crippen MR) is 125 cm³/mol. The predicted octanol–water partition coefficient (Wildman–Crippen LogP) is 4.23. The highest BCUT2D eigenvalue weighted by atomic mass is 28.3. The lowest BCUT2D eigenvalue weighted by Crippen LogP contribution is -2.36. The molecule has 3 heterocycles. The van der Waals surface area contributed by atoms with Crippen LogP contribution in [-0.2, 0) is 4.74 Å². The SMILES string of the molecule is C=CC1=C(/C=C(\N)c2cccnc2)C(c2cccc(F)n2)NN1COCC[Si](C)(C)C. The fourth-order valence-electron chi connectivity index (χ4n) is 3.22. The molecule has 0 aliphatic carbocycles. The van der Waals surface area contributed by atoms with Gasteiger partial charge in [-0.2, -0.15) is 4.39 Å². The van der Waals surface area contributed by atoms with Crippen molar-refractivity contribution in [2.24, 2.45) is 5.73 Å². The van der Waals surface area contributed by atoms with Crippen molar-refractivity contribution in [1.29, 1.82) is 0 Å². The number of hydrazine groups is 1. The molecule has 1 aliphatic heterocycles. The van der Waals surface area contributed by atoms with Crippen LogP contribution in [0.4, 0.5) is 4.39 Å². The summed E-state index contributed by atoms with van der Waals surface area (Å²) < 4.78 is 19.8. The molecule has 0 saturated heterocycles. The number of nitrogens with two attached hydrogens (primary N) is 1. The van der Waals surface area contributed by atoms with Gasteiger partial charge >= 0.3 is 0 Å². The van der Waals surface area contributed by atoms with E-state index >= 15 is 0 Å². The summed E-state index contributed by atoms with van der Waals surface area (Å²) in [5, 5.41) is 1.87. The van der Waals surface area contributed by atoms with E-state index in [0.717, 1.165) is 22.9 Å². The minimum absolute atomic E-state index is 0.335. The first-order chi connectivity index (χ1) is 14.8. The van der Waals surface area contributed by atoms with E-state index in [4.69, 9.17) is 10.5 Å². The zero-order chi connectivity index (χ0) is 22.4. The molecule has 0 amide bonds. The van der Waals surface area contributed by atoms with Crippen molar-refractivity contribution >= 4 is 13.8 Å². The first kappa shape index (κ1) is 22.9. The van der Waals surface area contributed by atoms with Crippen molar-refractivity contribution < 1.29 is 9.13 Å². The van der Waals surface area contributed by atoms with Gasteiger partial charge in [-0.25, -0.2) is 10.4 Å². The Morgan fingerprint density at radius 2 is 2.13 bits per heavy atom. The molecule has 164 valence electrons. The van der Waals surface area contributed by atoms with Crippen molar-refractivity contribution in [2.75, 3.05) is 13.3 Å². The average Bonchev–Trinajstić information content (AvgIpc) is 3.08. The second-order valence-electron chi connectivity index (χ2n) is 8.61. The third-order valence-corrected chi connectivity index (χ3v) is 6.64. The summed E-state index contributed by atoms with van der Waals surface area (Å²) in [5.41, 5.74) is 13.3. The van der Waals surface area contributed by atoms with E-state index in [0.29, 0.717) is 24.7 Å². The molecule has 0 radical (unpaired) electrons. The van der Waals surface area contributed by atoms with E-state index in [9.17, 15) is 4.39 Å². The maximum Gasteiger partial charge on any atom is 0.213 e. The minimum Gasteiger partial charge on any atom is -0.398 e. The maximum absolute atomic E-state index is 13.9. The molecule has 0 fully saturated rings. The number of rotatable bonds is 9. The third kappa shape index (κ3) is 6.10. The molecule has 6 nitrogen and oxygen atoms in total. The Kier molecular flexibility index (Phi) is 7.37. The van der Waals surface area contributed by atoms with Gasteiger partial charge in [0.1, 0.15) is 6.73 Å². The van der Waals surface area contributed by atoms with Gasteiger partial charge in [-0.1, -0.05) is 32.3 Å². The quantitative estimate of drug-likeness (QED) is 0.346. The van der Waals surface area contributed by atoms with Crippen LogP contribution in [0.25, 0.3) is 5.70 Å². The van der Waals surface area contributed by atoms with Gasteiger partial charge in [0, 0.05) is 43.9 Å². The zero-order valence-electron chi connectivity index (χ0n) is 18.3. The summed E-state index contributed by atoms with van der Waals surface area (Å²) in [6, 6.07) is 9.16. The molecule has 3 N–H and O–H groups in total. The highest BCUT2D eigenvalue weighted by Crippen LogP contribution is 2.34. The van der Waals surface area contributed by atoms with E-state index < -0.39 is 14.0 Å². The van der Waals surface area contributed by atoms with Gasteiger partial charge in [0.05, 0.1) is 17.4 Å². The minimum atomic E-state index is -1.18. The molecule has 0 bridgehead atoms. The number of halogens is 1. The number of hydrogen-bond acceptors (Lipinski definition) is 6. The summed E-state index contributed by atoms with van der Waals surface area (Å²) in [7, 11) is -1.18. The normalized spacial score (nSPS) is 17.4. The number of aromatic nitrogens is 2. The number of nitrogens with zero attached hydrogens (tertiary/aromatic N) is 3. The van der Waals surface area contributed by atoms with Crippen molar-refractivity contribution in [2.45, 2.75) is 31.7 Å². The lowest BCUT2D eigenvalue weighted by molar-refractivity contribution is 0.0324. The van der Waals surface area contributed by atoms with Gasteiger partial charge in [0.2, 0.25) is 5.95 Å². The van der Waals surface area contributed by atoms with Gasteiger partial charge < -0.3 is 10.5 Å². The smallest absolute Gasteiger partial charge is 0.213 e. The summed E-state index contributed by atoms with van der Waals surface area (Å²) >= 11 is 0. The number of hydrogen-bond donors (Lipinski definition) is 2. The molecule has 31 heavy (non-hydrogen) atoms. The first-order valence-corrected chi connectivity index (χ1v) is 14.0. The van der Waals surface area contributed by atoms with Crippen molar-refractivity contribution in [3.8, 4) is 0 Å². The summed E-state index contributed by atoms with van der Waals surface area (Å²) in [4.78, 5) is 8.21.